The van der Waals surface area contributed by atoms with E-state index in [1.807, 2.05) is 37.3 Å². The number of carbonyl (C=O) groups is 1. The zero-order valence-electron chi connectivity index (χ0n) is 17.5. The summed E-state index contributed by atoms with van der Waals surface area (Å²) < 4.78 is 33.4. The minimum absolute atomic E-state index is 0.0217. The van der Waals surface area contributed by atoms with E-state index in [9.17, 15) is 13.2 Å². The maximum atomic E-state index is 13.4. The maximum absolute atomic E-state index is 13.4. The van der Waals surface area contributed by atoms with Crippen LogP contribution in [0.15, 0.2) is 53.4 Å². The van der Waals surface area contributed by atoms with E-state index in [2.05, 4.69) is 5.32 Å². The molecule has 0 atom stereocenters. The number of methoxy groups -OCH3 is 1. The van der Waals surface area contributed by atoms with Crippen LogP contribution in [0.3, 0.4) is 0 Å². The molecule has 8 heteroatoms. The van der Waals surface area contributed by atoms with E-state index in [0.29, 0.717) is 18.8 Å². The first-order chi connectivity index (χ1) is 14.4. The highest BCUT2D eigenvalue weighted by Crippen LogP contribution is 2.22. The Morgan fingerprint density at radius 3 is 2.57 bits per heavy atom. The molecule has 1 aliphatic heterocycles. The van der Waals surface area contributed by atoms with Gasteiger partial charge in [0.25, 0.3) is 0 Å². The number of ether oxygens (including phenoxy) is 1. The van der Waals surface area contributed by atoms with Crippen molar-refractivity contribution in [2.45, 2.75) is 24.8 Å². The molecule has 3 rings (SSSR count). The van der Waals surface area contributed by atoms with Gasteiger partial charge < -0.3 is 15.0 Å². The van der Waals surface area contributed by atoms with Crippen LogP contribution in [-0.2, 0) is 21.4 Å². The van der Waals surface area contributed by atoms with E-state index in [1.165, 1.54) is 4.31 Å². The zero-order valence-corrected chi connectivity index (χ0v) is 18.3. The first kappa shape index (κ1) is 22.3. The van der Waals surface area contributed by atoms with Gasteiger partial charge in [0.1, 0.15) is 5.75 Å². The minimum Gasteiger partial charge on any atom is -0.497 e. The molecular formula is C22H29N3O4S. The maximum Gasteiger partial charge on any atom is 0.243 e. The summed E-state index contributed by atoms with van der Waals surface area (Å²) >= 11 is 0. The lowest BCUT2D eigenvalue weighted by atomic mass is 10.2. The molecule has 1 saturated heterocycles. The number of benzene rings is 2. The first-order valence-electron chi connectivity index (χ1n) is 10.1. The summed E-state index contributed by atoms with van der Waals surface area (Å²) in [6, 6.07) is 14.2. The highest BCUT2D eigenvalue weighted by atomic mass is 32.2. The lowest BCUT2D eigenvalue weighted by Gasteiger charge is -2.29. The average Bonchev–Trinajstić information content (AvgIpc) is 2.77. The summed E-state index contributed by atoms with van der Waals surface area (Å²) in [6.45, 7) is 4.98. The Bertz CT molecular complexity index is 972. The second-order valence-electron chi connectivity index (χ2n) is 7.39. The molecule has 1 fully saturated rings. The molecule has 1 amide bonds. The van der Waals surface area contributed by atoms with E-state index < -0.39 is 10.0 Å². The lowest BCUT2D eigenvalue weighted by molar-refractivity contribution is -0.131. The van der Waals surface area contributed by atoms with Crippen molar-refractivity contribution < 1.29 is 17.9 Å². The molecule has 1 heterocycles. The summed E-state index contributed by atoms with van der Waals surface area (Å²) in [5, 5.41) is 3.22. The van der Waals surface area contributed by atoms with E-state index >= 15 is 0 Å². The largest absolute Gasteiger partial charge is 0.497 e. The van der Waals surface area contributed by atoms with Gasteiger partial charge in [0.2, 0.25) is 15.9 Å². The van der Waals surface area contributed by atoms with Crippen LogP contribution >= 0.6 is 0 Å². The van der Waals surface area contributed by atoms with Crippen molar-refractivity contribution in [3.8, 4) is 5.75 Å². The summed E-state index contributed by atoms with van der Waals surface area (Å²) in [7, 11) is -2.18. The fraction of sp³-hybridized carbons (Fsp3) is 0.409. The quantitative estimate of drug-likeness (QED) is 0.692. The topological polar surface area (TPSA) is 79.0 Å². The number of aryl methyl sites for hydroxylation is 1. The first-order valence-corrected chi connectivity index (χ1v) is 11.5. The van der Waals surface area contributed by atoms with E-state index in [-0.39, 0.29) is 30.3 Å². The van der Waals surface area contributed by atoms with Crippen LogP contribution in [0, 0.1) is 6.92 Å². The molecule has 7 nitrogen and oxygen atoms in total. The highest BCUT2D eigenvalue weighted by Gasteiger charge is 2.27. The van der Waals surface area contributed by atoms with Crippen LogP contribution in [-0.4, -0.2) is 63.4 Å². The third-order valence-corrected chi connectivity index (χ3v) is 7.01. The summed E-state index contributed by atoms with van der Waals surface area (Å²) in [6.07, 6.45) is 0.148. The Labute approximate surface area is 178 Å². The zero-order chi connectivity index (χ0) is 21.6. The number of carbonyl (C=O) groups excluding carboxylic acids is 1. The monoisotopic (exact) mass is 431 g/mol. The van der Waals surface area contributed by atoms with Crippen molar-refractivity contribution in [3.05, 3.63) is 59.7 Å². The number of nitrogens with zero attached hydrogens (tertiary/aromatic N) is 2. The van der Waals surface area contributed by atoms with Gasteiger partial charge in [-0.2, -0.15) is 4.31 Å². The number of hydrogen-bond acceptors (Lipinski definition) is 5. The number of hydrogen-bond donors (Lipinski definition) is 1. The van der Waals surface area contributed by atoms with Crippen molar-refractivity contribution in [3.63, 3.8) is 0 Å². The van der Waals surface area contributed by atoms with Crippen molar-refractivity contribution in [2.24, 2.45) is 0 Å². The van der Waals surface area contributed by atoms with Gasteiger partial charge in [-0.1, -0.05) is 24.3 Å². The van der Waals surface area contributed by atoms with Crippen LogP contribution in [0.25, 0.3) is 0 Å². The Hall–Kier alpha value is -2.42. The fourth-order valence-electron chi connectivity index (χ4n) is 3.48. The summed E-state index contributed by atoms with van der Waals surface area (Å²) in [4.78, 5) is 14.7. The molecule has 0 spiro atoms. The van der Waals surface area contributed by atoms with Gasteiger partial charge in [0.05, 0.1) is 12.0 Å². The molecule has 2 aromatic carbocycles. The molecule has 162 valence electrons. The standard InChI is InChI=1S/C22H29N3O4S/c1-18-5-3-8-21(15-18)30(27,28)25(17-19-6-4-7-20(16-19)29-2)12-9-22(26)24-13-10-23-11-14-24/h3-8,15-16,23H,9-14,17H2,1-2H3. The molecule has 2 aromatic rings. The van der Waals surface area contributed by atoms with E-state index in [0.717, 1.165) is 24.2 Å². The predicted octanol–water partition coefficient (Wildman–Crippen LogP) is 2.02. The van der Waals surface area contributed by atoms with E-state index in [1.54, 1.807) is 30.2 Å². The normalized spacial score (nSPS) is 14.7. The number of amides is 1. The molecule has 0 unspecified atom stereocenters. The summed E-state index contributed by atoms with van der Waals surface area (Å²) in [5.74, 6) is 0.642. The Balaban J connectivity index is 1.82. The van der Waals surface area contributed by atoms with Crippen molar-refractivity contribution in [1.82, 2.24) is 14.5 Å². The molecular weight excluding hydrogens is 402 g/mol. The molecule has 1 aliphatic rings. The number of rotatable bonds is 8. The Morgan fingerprint density at radius 2 is 1.87 bits per heavy atom. The smallest absolute Gasteiger partial charge is 0.243 e. The van der Waals surface area contributed by atoms with Gasteiger partial charge >= 0.3 is 0 Å². The highest BCUT2D eigenvalue weighted by molar-refractivity contribution is 7.89. The SMILES string of the molecule is COc1cccc(CN(CCC(=O)N2CCNCC2)S(=O)(=O)c2cccc(C)c2)c1. The van der Waals surface area contributed by atoms with E-state index in [4.69, 9.17) is 4.74 Å². The van der Waals surface area contributed by atoms with Crippen LogP contribution in [0.1, 0.15) is 17.5 Å². The van der Waals surface area contributed by atoms with Gasteiger partial charge in [-0.25, -0.2) is 8.42 Å². The average molecular weight is 432 g/mol. The van der Waals surface area contributed by atoms with Gasteiger partial charge in [0, 0.05) is 45.7 Å². The molecule has 0 bridgehead atoms. The van der Waals surface area contributed by atoms with Crippen LogP contribution in [0.2, 0.25) is 0 Å². The molecule has 0 aromatic heterocycles. The predicted molar refractivity (Wildman–Crippen MR) is 116 cm³/mol. The van der Waals surface area contributed by atoms with Gasteiger partial charge in [-0.3, -0.25) is 4.79 Å². The molecule has 0 radical (unpaired) electrons. The molecule has 30 heavy (non-hydrogen) atoms. The molecule has 0 aliphatic carbocycles. The number of nitrogens with one attached hydrogen (secondary N) is 1. The number of piperazine rings is 1. The van der Waals surface area contributed by atoms with Crippen LogP contribution in [0.5, 0.6) is 5.75 Å². The fourth-order valence-corrected chi connectivity index (χ4v) is 5.01. The van der Waals surface area contributed by atoms with Crippen molar-refractivity contribution >= 4 is 15.9 Å². The van der Waals surface area contributed by atoms with Gasteiger partial charge in [0.15, 0.2) is 0 Å². The Kier molecular flexibility index (Phi) is 7.47. The third-order valence-electron chi connectivity index (χ3n) is 5.17. The second kappa shape index (κ2) is 10.1. The molecule has 0 saturated carbocycles. The molecule has 1 N–H and O–H groups in total. The van der Waals surface area contributed by atoms with Crippen molar-refractivity contribution in [1.29, 1.82) is 0 Å². The van der Waals surface area contributed by atoms with Crippen LogP contribution in [0.4, 0.5) is 0 Å². The van der Waals surface area contributed by atoms with Crippen LogP contribution < -0.4 is 10.1 Å². The third kappa shape index (κ3) is 5.59. The lowest BCUT2D eigenvalue weighted by Crippen LogP contribution is -2.47. The van der Waals surface area contributed by atoms with Gasteiger partial charge in [-0.05, 0) is 42.3 Å². The number of sulfonamides is 1. The van der Waals surface area contributed by atoms with Crippen molar-refractivity contribution in [2.75, 3.05) is 39.8 Å². The summed E-state index contributed by atoms with van der Waals surface area (Å²) in [5.41, 5.74) is 1.68. The minimum atomic E-state index is -3.76. The second-order valence-corrected chi connectivity index (χ2v) is 9.33. The van der Waals surface area contributed by atoms with Gasteiger partial charge in [-0.15, -0.1) is 0 Å². The Morgan fingerprint density at radius 1 is 1.13 bits per heavy atom.